The number of carboxylic acids is 1. The molecule has 0 bridgehead atoms. The van der Waals surface area contributed by atoms with Crippen LogP contribution in [0.15, 0.2) is 0 Å². The Bertz CT molecular complexity index is 229. The van der Waals surface area contributed by atoms with Gasteiger partial charge in [-0.1, -0.05) is 6.92 Å². The number of aliphatic carboxylic acids is 1. The fourth-order valence-electron chi connectivity index (χ4n) is 1.64. The lowest BCUT2D eigenvalue weighted by atomic mass is 9.93. The summed E-state index contributed by atoms with van der Waals surface area (Å²) in [7, 11) is 0. The van der Waals surface area contributed by atoms with Gasteiger partial charge >= 0.3 is 12.0 Å². The van der Waals surface area contributed by atoms with Crippen LogP contribution in [-0.4, -0.2) is 34.6 Å². The Hall–Kier alpha value is -1.26. The van der Waals surface area contributed by atoms with Crippen molar-refractivity contribution in [2.75, 3.05) is 6.54 Å². The van der Waals surface area contributed by atoms with Gasteiger partial charge in [-0.25, -0.2) is 9.59 Å². The first-order valence-electron chi connectivity index (χ1n) is 4.31. The van der Waals surface area contributed by atoms with Crippen molar-refractivity contribution in [2.24, 2.45) is 11.7 Å². The van der Waals surface area contributed by atoms with Crippen LogP contribution in [0.1, 0.15) is 19.8 Å². The molecule has 74 valence electrons. The van der Waals surface area contributed by atoms with E-state index >= 15 is 0 Å². The first-order valence-corrected chi connectivity index (χ1v) is 4.31. The fraction of sp³-hybridized carbons (Fsp3) is 0.750. The molecular formula is C8H14N2O3. The van der Waals surface area contributed by atoms with E-state index in [1.54, 1.807) is 0 Å². The molecule has 5 nitrogen and oxygen atoms in total. The number of carboxylic acid groups (broad SMARTS) is 1. The van der Waals surface area contributed by atoms with Crippen molar-refractivity contribution in [1.82, 2.24) is 4.90 Å². The Morgan fingerprint density at radius 1 is 1.54 bits per heavy atom. The summed E-state index contributed by atoms with van der Waals surface area (Å²) in [5.74, 6) is -0.623. The molecule has 1 saturated heterocycles. The molecule has 0 saturated carbocycles. The van der Waals surface area contributed by atoms with Gasteiger partial charge in [0.25, 0.3) is 0 Å². The molecule has 5 heteroatoms. The number of primary amides is 1. The van der Waals surface area contributed by atoms with Crippen LogP contribution < -0.4 is 5.73 Å². The summed E-state index contributed by atoms with van der Waals surface area (Å²) < 4.78 is 0. The number of amides is 2. The minimum Gasteiger partial charge on any atom is -0.480 e. The van der Waals surface area contributed by atoms with E-state index in [9.17, 15) is 9.59 Å². The van der Waals surface area contributed by atoms with Gasteiger partial charge in [-0.15, -0.1) is 0 Å². The van der Waals surface area contributed by atoms with Gasteiger partial charge in [-0.05, 0) is 18.8 Å². The largest absolute Gasteiger partial charge is 0.480 e. The van der Waals surface area contributed by atoms with E-state index in [0.717, 1.165) is 6.42 Å². The fourth-order valence-corrected chi connectivity index (χ4v) is 1.64. The van der Waals surface area contributed by atoms with Crippen molar-refractivity contribution in [1.29, 1.82) is 0 Å². The van der Waals surface area contributed by atoms with E-state index in [1.807, 2.05) is 6.92 Å². The predicted octanol–water partition coefficient (Wildman–Crippen LogP) is 0.250. The Kier molecular flexibility index (Phi) is 2.75. The highest BCUT2D eigenvalue weighted by atomic mass is 16.4. The van der Waals surface area contributed by atoms with Crippen molar-refractivity contribution >= 4 is 12.0 Å². The second-order valence-corrected chi connectivity index (χ2v) is 3.52. The Morgan fingerprint density at radius 3 is 2.62 bits per heavy atom. The van der Waals surface area contributed by atoms with Crippen molar-refractivity contribution in [3.8, 4) is 0 Å². The maximum absolute atomic E-state index is 10.9. The monoisotopic (exact) mass is 186 g/mol. The Balaban J connectivity index is 2.72. The number of likely N-dealkylation sites (tertiary alicyclic amines) is 1. The number of urea groups is 1. The van der Waals surface area contributed by atoms with E-state index in [1.165, 1.54) is 4.90 Å². The van der Waals surface area contributed by atoms with Crippen molar-refractivity contribution in [2.45, 2.75) is 25.8 Å². The standard InChI is InChI=1S/C8H14N2O3/c1-5-2-3-10(8(9)13)6(4-5)7(11)12/h5-6H,2-4H2,1H3,(H2,9,13)(H,11,12). The van der Waals surface area contributed by atoms with E-state index in [4.69, 9.17) is 10.8 Å². The van der Waals surface area contributed by atoms with Crippen LogP contribution in [-0.2, 0) is 4.79 Å². The summed E-state index contributed by atoms with van der Waals surface area (Å²) in [6, 6.07) is -1.37. The molecule has 0 spiro atoms. The molecule has 1 heterocycles. The molecule has 0 aliphatic carbocycles. The second kappa shape index (κ2) is 3.64. The van der Waals surface area contributed by atoms with Crippen LogP contribution in [0.3, 0.4) is 0 Å². The lowest BCUT2D eigenvalue weighted by Crippen LogP contribution is -2.51. The first kappa shape index (κ1) is 9.83. The molecule has 1 aliphatic heterocycles. The minimum atomic E-state index is -0.967. The summed E-state index contributed by atoms with van der Waals surface area (Å²) in [5.41, 5.74) is 5.06. The molecule has 0 aromatic carbocycles. The zero-order chi connectivity index (χ0) is 10.0. The van der Waals surface area contributed by atoms with Gasteiger partial charge < -0.3 is 15.7 Å². The molecule has 13 heavy (non-hydrogen) atoms. The summed E-state index contributed by atoms with van der Waals surface area (Å²) in [5, 5.41) is 8.83. The van der Waals surface area contributed by atoms with E-state index in [-0.39, 0.29) is 0 Å². The van der Waals surface area contributed by atoms with Crippen molar-refractivity contribution in [3.05, 3.63) is 0 Å². The maximum Gasteiger partial charge on any atom is 0.326 e. The molecular weight excluding hydrogens is 172 g/mol. The van der Waals surface area contributed by atoms with Gasteiger partial charge in [0.15, 0.2) is 0 Å². The third kappa shape index (κ3) is 2.11. The number of nitrogens with two attached hydrogens (primary N) is 1. The van der Waals surface area contributed by atoms with Gasteiger partial charge in [0.05, 0.1) is 0 Å². The second-order valence-electron chi connectivity index (χ2n) is 3.52. The smallest absolute Gasteiger partial charge is 0.326 e. The molecule has 0 radical (unpaired) electrons. The lowest BCUT2D eigenvalue weighted by molar-refractivity contribution is -0.143. The summed E-state index contributed by atoms with van der Waals surface area (Å²) in [6.45, 7) is 2.43. The van der Waals surface area contributed by atoms with Crippen molar-refractivity contribution < 1.29 is 14.7 Å². The third-order valence-electron chi connectivity index (χ3n) is 2.43. The molecule has 2 amide bonds. The molecule has 0 aromatic heterocycles. The highest BCUT2D eigenvalue weighted by Crippen LogP contribution is 2.22. The third-order valence-corrected chi connectivity index (χ3v) is 2.43. The minimum absolute atomic E-state index is 0.344. The molecule has 1 fully saturated rings. The summed E-state index contributed by atoms with van der Waals surface area (Å²) >= 11 is 0. The van der Waals surface area contributed by atoms with Gasteiger partial charge in [0.1, 0.15) is 6.04 Å². The van der Waals surface area contributed by atoms with Crippen LogP contribution in [0.5, 0.6) is 0 Å². The van der Waals surface area contributed by atoms with Gasteiger partial charge in [0.2, 0.25) is 0 Å². The van der Waals surface area contributed by atoms with E-state index in [2.05, 4.69) is 0 Å². The normalized spacial score (nSPS) is 28.5. The Labute approximate surface area is 76.5 Å². The molecule has 0 aromatic rings. The highest BCUT2D eigenvalue weighted by molar-refractivity contribution is 5.81. The molecule has 1 rings (SSSR count). The van der Waals surface area contributed by atoms with Crippen LogP contribution in [0.2, 0.25) is 0 Å². The van der Waals surface area contributed by atoms with E-state index in [0.29, 0.717) is 18.9 Å². The number of hydrogen-bond donors (Lipinski definition) is 2. The number of piperidine rings is 1. The zero-order valence-electron chi connectivity index (χ0n) is 7.56. The number of carbonyl (C=O) groups is 2. The summed E-state index contributed by atoms with van der Waals surface area (Å²) in [4.78, 5) is 22.9. The highest BCUT2D eigenvalue weighted by Gasteiger charge is 2.33. The number of hydrogen-bond acceptors (Lipinski definition) is 2. The van der Waals surface area contributed by atoms with Crippen LogP contribution in [0, 0.1) is 5.92 Å². The van der Waals surface area contributed by atoms with Crippen LogP contribution >= 0.6 is 0 Å². The number of rotatable bonds is 1. The van der Waals surface area contributed by atoms with Crippen molar-refractivity contribution in [3.63, 3.8) is 0 Å². The molecule has 2 unspecified atom stereocenters. The van der Waals surface area contributed by atoms with Gasteiger partial charge in [-0.2, -0.15) is 0 Å². The van der Waals surface area contributed by atoms with Gasteiger partial charge in [-0.3, -0.25) is 0 Å². The first-order chi connectivity index (χ1) is 6.02. The number of nitrogens with zero attached hydrogens (tertiary/aromatic N) is 1. The predicted molar refractivity (Wildman–Crippen MR) is 46.1 cm³/mol. The average Bonchev–Trinajstić information content (AvgIpc) is 2.03. The number of carbonyl (C=O) groups excluding carboxylic acids is 1. The Morgan fingerprint density at radius 2 is 2.15 bits per heavy atom. The van der Waals surface area contributed by atoms with E-state index < -0.39 is 18.0 Å². The molecule has 1 aliphatic rings. The topological polar surface area (TPSA) is 83.6 Å². The van der Waals surface area contributed by atoms with Crippen LogP contribution in [0.25, 0.3) is 0 Å². The quantitative estimate of drug-likeness (QED) is 0.615. The summed E-state index contributed by atoms with van der Waals surface area (Å²) in [6.07, 6.45) is 1.32. The maximum atomic E-state index is 10.9. The SMILES string of the molecule is CC1CCN(C(N)=O)C(C(=O)O)C1. The van der Waals surface area contributed by atoms with Gasteiger partial charge in [0, 0.05) is 6.54 Å². The molecule has 3 N–H and O–H groups in total. The average molecular weight is 186 g/mol. The zero-order valence-corrected chi connectivity index (χ0v) is 7.56. The molecule has 2 atom stereocenters. The van der Waals surface area contributed by atoms with Crippen LogP contribution in [0.4, 0.5) is 4.79 Å². The lowest BCUT2D eigenvalue weighted by Gasteiger charge is -2.34.